The van der Waals surface area contributed by atoms with E-state index in [1.807, 2.05) is 24.3 Å². The van der Waals surface area contributed by atoms with E-state index in [0.717, 1.165) is 17.5 Å². The largest absolute Gasteiger partial charge is 0.310 e. The topological polar surface area (TPSA) is 24.9 Å². The van der Waals surface area contributed by atoms with Crippen LogP contribution < -0.4 is 5.32 Å². The van der Waals surface area contributed by atoms with Crippen LogP contribution in [0.1, 0.15) is 29.5 Å². The molecule has 0 saturated heterocycles. The maximum atomic E-state index is 13.7. The van der Waals surface area contributed by atoms with Crippen LogP contribution in [0.4, 0.5) is 4.39 Å². The maximum absolute atomic E-state index is 13.7. The van der Waals surface area contributed by atoms with E-state index in [1.165, 1.54) is 18.4 Å². The minimum absolute atomic E-state index is 0.119. The van der Waals surface area contributed by atoms with Gasteiger partial charge in [0.2, 0.25) is 0 Å². The van der Waals surface area contributed by atoms with Gasteiger partial charge in [0.15, 0.2) is 0 Å². The molecule has 0 radical (unpaired) electrons. The van der Waals surface area contributed by atoms with Gasteiger partial charge in [0.1, 0.15) is 5.82 Å². The fraction of sp³-hybridized carbons (Fsp3) is 0.312. The van der Waals surface area contributed by atoms with Crippen molar-refractivity contribution in [2.45, 2.75) is 31.8 Å². The van der Waals surface area contributed by atoms with Gasteiger partial charge >= 0.3 is 0 Å². The molecule has 0 spiro atoms. The molecule has 0 amide bonds. The molecule has 0 unspecified atom stereocenters. The van der Waals surface area contributed by atoms with Gasteiger partial charge in [0.05, 0.1) is 0 Å². The molecule has 1 aliphatic carbocycles. The van der Waals surface area contributed by atoms with E-state index in [4.69, 9.17) is 0 Å². The zero-order valence-corrected chi connectivity index (χ0v) is 10.8. The molecule has 3 heteroatoms. The predicted molar refractivity (Wildman–Crippen MR) is 73.3 cm³/mol. The second-order valence-corrected chi connectivity index (χ2v) is 5.11. The lowest BCUT2D eigenvalue weighted by Gasteiger charge is -2.08. The Labute approximate surface area is 112 Å². The molecule has 0 bridgehead atoms. The fourth-order valence-electron chi connectivity index (χ4n) is 2.15. The summed E-state index contributed by atoms with van der Waals surface area (Å²) in [5, 5.41) is 3.35. The van der Waals surface area contributed by atoms with E-state index in [-0.39, 0.29) is 5.82 Å². The Balaban J connectivity index is 1.72. The van der Waals surface area contributed by atoms with Crippen LogP contribution in [-0.2, 0) is 13.0 Å². The lowest BCUT2D eigenvalue weighted by molar-refractivity contribution is 0.586. The number of aromatic nitrogens is 1. The molecule has 1 fully saturated rings. The van der Waals surface area contributed by atoms with Gasteiger partial charge in [-0.15, -0.1) is 0 Å². The van der Waals surface area contributed by atoms with Crippen LogP contribution in [0.3, 0.4) is 0 Å². The zero-order valence-electron chi connectivity index (χ0n) is 10.8. The molecule has 2 aromatic rings. The lowest BCUT2D eigenvalue weighted by Crippen LogP contribution is -2.16. The number of halogens is 1. The number of benzene rings is 1. The second kappa shape index (κ2) is 5.49. The van der Waals surface area contributed by atoms with Crippen molar-refractivity contribution in [1.82, 2.24) is 10.3 Å². The number of rotatable bonds is 5. The molecule has 19 heavy (non-hydrogen) atoms. The normalized spacial score (nSPS) is 14.6. The van der Waals surface area contributed by atoms with Crippen molar-refractivity contribution in [3.05, 3.63) is 65.2 Å². The molecule has 1 aromatic carbocycles. The zero-order chi connectivity index (χ0) is 13.1. The average molecular weight is 256 g/mol. The summed E-state index contributed by atoms with van der Waals surface area (Å²) in [5.74, 6) is -0.119. The van der Waals surface area contributed by atoms with E-state index < -0.39 is 0 Å². The molecule has 98 valence electrons. The van der Waals surface area contributed by atoms with Gasteiger partial charge in [0, 0.05) is 30.5 Å². The monoisotopic (exact) mass is 256 g/mol. The summed E-state index contributed by atoms with van der Waals surface area (Å²) >= 11 is 0. The van der Waals surface area contributed by atoms with E-state index in [2.05, 4.69) is 10.3 Å². The smallest absolute Gasteiger partial charge is 0.127 e. The van der Waals surface area contributed by atoms with Gasteiger partial charge in [-0.2, -0.15) is 0 Å². The van der Waals surface area contributed by atoms with Crippen molar-refractivity contribution < 1.29 is 4.39 Å². The third kappa shape index (κ3) is 3.38. The van der Waals surface area contributed by atoms with Gasteiger partial charge in [-0.25, -0.2) is 4.39 Å². The van der Waals surface area contributed by atoms with Crippen LogP contribution in [0.2, 0.25) is 0 Å². The number of hydrogen-bond donors (Lipinski definition) is 1. The first-order valence-corrected chi connectivity index (χ1v) is 6.71. The molecular weight excluding hydrogens is 239 g/mol. The summed E-state index contributed by atoms with van der Waals surface area (Å²) < 4.78 is 13.7. The third-order valence-corrected chi connectivity index (χ3v) is 3.43. The maximum Gasteiger partial charge on any atom is 0.127 e. The molecule has 1 heterocycles. The number of nitrogens with one attached hydrogen (secondary N) is 1. The Kier molecular flexibility index (Phi) is 3.56. The highest BCUT2D eigenvalue weighted by atomic mass is 19.1. The van der Waals surface area contributed by atoms with Crippen LogP contribution >= 0.6 is 0 Å². The summed E-state index contributed by atoms with van der Waals surface area (Å²) in [7, 11) is 0. The van der Waals surface area contributed by atoms with E-state index in [0.29, 0.717) is 12.6 Å². The van der Waals surface area contributed by atoms with Crippen molar-refractivity contribution >= 4 is 0 Å². The van der Waals surface area contributed by atoms with Crippen molar-refractivity contribution in [2.24, 2.45) is 0 Å². The molecule has 2 nitrogen and oxygen atoms in total. The molecule has 3 rings (SSSR count). The number of hydrogen-bond acceptors (Lipinski definition) is 2. The summed E-state index contributed by atoms with van der Waals surface area (Å²) in [6, 6.07) is 9.97. The van der Waals surface area contributed by atoms with Crippen LogP contribution in [-0.4, -0.2) is 11.0 Å². The Morgan fingerprint density at radius 2 is 1.89 bits per heavy atom. The predicted octanol–water partition coefficient (Wildman–Crippen LogP) is 3.06. The molecule has 1 aliphatic rings. The second-order valence-electron chi connectivity index (χ2n) is 5.11. The van der Waals surface area contributed by atoms with Gasteiger partial charge in [0.25, 0.3) is 0 Å². The first kappa shape index (κ1) is 12.3. The molecule has 0 aliphatic heterocycles. The van der Waals surface area contributed by atoms with Crippen molar-refractivity contribution in [2.75, 3.05) is 0 Å². The molecular formula is C16H17FN2. The summed E-state index contributed by atoms with van der Waals surface area (Å²) in [6.45, 7) is 0.626. The first-order valence-electron chi connectivity index (χ1n) is 6.71. The number of nitrogens with zero attached hydrogens (tertiary/aromatic N) is 1. The molecule has 1 saturated carbocycles. The van der Waals surface area contributed by atoms with E-state index >= 15 is 0 Å². The van der Waals surface area contributed by atoms with Crippen molar-refractivity contribution in [1.29, 1.82) is 0 Å². The molecule has 1 N–H and O–H groups in total. The number of pyridine rings is 1. The van der Waals surface area contributed by atoms with Gasteiger partial charge in [-0.1, -0.05) is 12.1 Å². The Morgan fingerprint density at radius 1 is 1.11 bits per heavy atom. The standard InChI is InChI=1S/C16H17FN2/c17-16-4-1-13(9-12-5-7-18-8-6-12)10-14(16)11-19-15-2-3-15/h1,4-8,10,15,19H,2-3,9,11H2. The first-order chi connectivity index (χ1) is 9.31. The van der Waals surface area contributed by atoms with E-state index in [9.17, 15) is 4.39 Å². The Bertz CT molecular complexity index is 550. The average Bonchev–Trinajstić information content (AvgIpc) is 3.25. The van der Waals surface area contributed by atoms with Gasteiger partial charge in [-0.3, -0.25) is 4.98 Å². The van der Waals surface area contributed by atoms with Gasteiger partial charge in [-0.05, 0) is 48.6 Å². The lowest BCUT2D eigenvalue weighted by atomic mass is 10.0. The highest BCUT2D eigenvalue weighted by Gasteiger charge is 2.20. The minimum Gasteiger partial charge on any atom is -0.310 e. The Hall–Kier alpha value is -1.74. The summed E-state index contributed by atoms with van der Waals surface area (Å²) in [6.07, 6.45) is 6.83. The highest BCUT2D eigenvalue weighted by Crippen LogP contribution is 2.20. The van der Waals surface area contributed by atoms with E-state index in [1.54, 1.807) is 18.5 Å². The van der Waals surface area contributed by atoms with Crippen LogP contribution in [0, 0.1) is 5.82 Å². The molecule has 0 atom stereocenters. The van der Waals surface area contributed by atoms with Crippen molar-refractivity contribution in [3.8, 4) is 0 Å². The summed E-state index contributed by atoms with van der Waals surface area (Å²) in [5.41, 5.74) is 3.10. The van der Waals surface area contributed by atoms with Gasteiger partial charge < -0.3 is 5.32 Å². The van der Waals surface area contributed by atoms with Crippen LogP contribution in [0.15, 0.2) is 42.7 Å². The highest BCUT2D eigenvalue weighted by molar-refractivity contribution is 5.29. The molecule has 1 aromatic heterocycles. The van der Waals surface area contributed by atoms with Crippen LogP contribution in [0.5, 0.6) is 0 Å². The Morgan fingerprint density at radius 3 is 2.63 bits per heavy atom. The SMILES string of the molecule is Fc1ccc(Cc2ccncc2)cc1CNC1CC1. The minimum atomic E-state index is -0.119. The summed E-state index contributed by atoms with van der Waals surface area (Å²) in [4.78, 5) is 4.00. The van der Waals surface area contributed by atoms with Crippen molar-refractivity contribution in [3.63, 3.8) is 0 Å². The fourth-order valence-corrected chi connectivity index (χ4v) is 2.15. The third-order valence-electron chi connectivity index (χ3n) is 3.43. The van der Waals surface area contributed by atoms with Crippen LogP contribution in [0.25, 0.3) is 0 Å². The quantitative estimate of drug-likeness (QED) is 0.889.